The van der Waals surface area contributed by atoms with Crippen molar-refractivity contribution < 1.29 is 73.7 Å². The van der Waals surface area contributed by atoms with Crippen molar-refractivity contribution in [1.82, 2.24) is 0 Å². The summed E-state index contributed by atoms with van der Waals surface area (Å²) in [6.45, 7) is -0.576. The molecule has 34 heavy (non-hydrogen) atoms. The second kappa shape index (κ2) is 21.0. The van der Waals surface area contributed by atoms with Gasteiger partial charge in [-0.2, -0.15) is 0 Å². The summed E-state index contributed by atoms with van der Waals surface area (Å²) >= 11 is 32.0. The van der Waals surface area contributed by atoms with E-state index in [0.717, 1.165) is 5.54 Å². The van der Waals surface area contributed by atoms with E-state index in [-0.39, 0.29) is 75.3 Å². The minimum absolute atomic E-state index is 0. The largest absolute Gasteiger partial charge is 1.00 e. The first kappa shape index (κ1) is 39.4. The molecule has 0 saturated heterocycles. The van der Waals surface area contributed by atoms with E-state index < -0.39 is 17.4 Å². The molecule has 1 aromatic heterocycles. The van der Waals surface area contributed by atoms with Crippen LogP contribution < -0.4 is 74.8 Å². The maximum atomic E-state index is 12.6. The zero-order valence-corrected chi connectivity index (χ0v) is 33.3. The zero-order valence-electron chi connectivity index (χ0n) is 17.6. The molecular formula is C20H12Cl4I4Na2O4. The molecule has 0 aliphatic rings. The van der Waals surface area contributed by atoms with Crippen LogP contribution in [0.3, 0.4) is 0 Å². The Balaban J connectivity index is 0. The van der Waals surface area contributed by atoms with Gasteiger partial charge in [0.2, 0.25) is 5.43 Å². The zero-order chi connectivity index (χ0) is 24.4. The molecule has 0 bridgehead atoms. The van der Waals surface area contributed by atoms with Crippen molar-refractivity contribution in [1.29, 1.82) is 0 Å². The molecule has 1 aromatic rings. The molecule has 0 fully saturated rings. The van der Waals surface area contributed by atoms with Gasteiger partial charge >= 0.3 is 59.1 Å². The first-order valence-electron chi connectivity index (χ1n) is 8.31. The quantitative estimate of drug-likeness (QED) is 0.247. The average molecular weight is 1010 g/mol. The minimum Gasteiger partial charge on any atom is -0.871 e. The van der Waals surface area contributed by atoms with Crippen LogP contribution in [0.4, 0.5) is 0 Å². The maximum absolute atomic E-state index is 12.6. The van der Waals surface area contributed by atoms with Gasteiger partial charge in [0.15, 0.2) is 0 Å². The maximum Gasteiger partial charge on any atom is 1.00 e. The molecule has 14 heteroatoms. The van der Waals surface area contributed by atoms with Gasteiger partial charge in [0.05, 0.1) is 17.9 Å². The van der Waals surface area contributed by atoms with E-state index in [1.807, 2.05) is 90.4 Å². The van der Waals surface area contributed by atoms with Crippen molar-refractivity contribution in [3.05, 3.63) is 83.5 Å². The Morgan fingerprint density at radius 3 is 2.00 bits per heavy atom. The van der Waals surface area contributed by atoms with Crippen molar-refractivity contribution in [3.63, 3.8) is 0 Å². The topological polar surface area (TPSA) is 76.3 Å². The summed E-state index contributed by atoms with van der Waals surface area (Å²) in [5.74, 6) is -0.279. The van der Waals surface area contributed by atoms with Gasteiger partial charge in [0.25, 0.3) is 0 Å². The summed E-state index contributed by atoms with van der Waals surface area (Å²) in [5, 5.41) is 22.3. The Kier molecular flexibility index (Phi) is 24.4. The Labute approximate surface area is 316 Å². The summed E-state index contributed by atoms with van der Waals surface area (Å²) < 4.78 is 6.64. The molecule has 174 valence electrons. The van der Waals surface area contributed by atoms with E-state index in [2.05, 4.69) is 0 Å². The van der Waals surface area contributed by atoms with Crippen molar-refractivity contribution in [2.45, 2.75) is 10.8 Å². The molecule has 1 rings (SSSR count). The van der Waals surface area contributed by atoms with Crippen LogP contribution in [0, 0.1) is 14.3 Å². The molecule has 0 aliphatic heterocycles. The third kappa shape index (κ3) is 13.1. The van der Waals surface area contributed by atoms with E-state index in [0.29, 0.717) is 25.4 Å². The molecule has 0 saturated carbocycles. The Morgan fingerprint density at radius 2 is 1.47 bits per heavy atom. The van der Waals surface area contributed by atoms with Crippen molar-refractivity contribution >= 4 is 142 Å². The summed E-state index contributed by atoms with van der Waals surface area (Å²) in [7, 11) is 0. The SMILES string of the molecule is O=c1c(I)ccc(/C(=C\C[O-])C(Cl)C(Cl)/C(Cl)=C/Cl)ccc(I)c([O-])c(I)cocc1I.[Na+].[Na+]. The van der Waals surface area contributed by atoms with Gasteiger partial charge in [-0.3, -0.25) is 4.79 Å². The second-order valence-corrected chi connectivity index (χ2v) is 11.9. The van der Waals surface area contributed by atoms with Crippen LogP contribution in [0.2, 0.25) is 0 Å². The Morgan fingerprint density at radius 1 is 0.941 bits per heavy atom. The molecule has 0 amide bonds. The molecule has 0 spiro atoms. The van der Waals surface area contributed by atoms with Gasteiger partial charge in [0, 0.05) is 17.7 Å². The molecule has 1 heterocycles. The van der Waals surface area contributed by atoms with Gasteiger partial charge < -0.3 is 14.6 Å². The fourth-order valence-corrected chi connectivity index (χ4v) is 5.84. The molecule has 4 nitrogen and oxygen atoms in total. The van der Waals surface area contributed by atoms with Crippen molar-refractivity contribution in [2.24, 2.45) is 0 Å². The van der Waals surface area contributed by atoms with Crippen molar-refractivity contribution in [2.75, 3.05) is 6.61 Å². The van der Waals surface area contributed by atoms with Gasteiger partial charge in [-0.05, 0) is 114 Å². The summed E-state index contributed by atoms with van der Waals surface area (Å²) in [6.07, 6.45) is 3.89. The number of hydrogen-bond donors (Lipinski definition) is 0. The normalized spacial score (nSPS) is 12.9. The molecule has 0 radical (unpaired) electrons. The number of halogens is 8. The number of allylic oxidation sites excluding steroid dienone is 2. The third-order valence-corrected chi connectivity index (χ3v) is 8.68. The third-order valence-electron chi connectivity index (χ3n) is 3.59. The first-order valence-corrected chi connectivity index (χ1v) is 14.3. The Bertz CT molecular complexity index is 1080. The van der Waals surface area contributed by atoms with Crippen LogP contribution in [0.5, 0.6) is 5.75 Å². The van der Waals surface area contributed by atoms with Crippen LogP contribution in [0.25, 0.3) is 5.57 Å². The van der Waals surface area contributed by atoms with Crippen LogP contribution >= 0.6 is 137 Å². The molecular weight excluding hydrogens is 1000 g/mol. The van der Waals surface area contributed by atoms with E-state index >= 15 is 0 Å². The standard InChI is InChI=1S/C20H13Cl4I4O4.2Na/c21-7-12(22)18(24)17(23)11(5-6-29)10-1-3-13(25)19(30)15(27)8-32-9-16(28)20(31)14(26)4-2-10;;/h1-5,7-9,17-18,30H,6H2;;/q-1;2*+1/p-1/b3-1?,10-2?,11-5+,12-7-,14-4?,15-8?,16-9?,19-13?;;. The van der Waals surface area contributed by atoms with E-state index in [1.165, 1.54) is 18.6 Å². The van der Waals surface area contributed by atoms with Gasteiger partial charge in [-0.15, -0.1) is 29.8 Å². The van der Waals surface area contributed by atoms with Gasteiger partial charge in [-0.25, -0.2) is 0 Å². The fourth-order valence-electron chi connectivity index (χ4n) is 2.05. The average Bonchev–Trinajstić information content (AvgIpc) is 2.79. The van der Waals surface area contributed by atoms with Crippen LogP contribution in [0.15, 0.2) is 62.6 Å². The molecule has 0 aromatic carbocycles. The summed E-state index contributed by atoms with van der Waals surface area (Å²) in [5.41, 5.74) is 1.67. The van der Waals surface area contributed by atoms with Gasteiger partial charge in [0.1, 0.15) is 12.5 Å². The van der Waals surface area contributed by atoms with Crippen LogP contribution in [-0.4, -0.2) is 17.4 Å². The van der Waals surface area contributed by atoms with E-state index in [4.69, 9.17) is 50.8 Å². The van der Waals surface area contributed by atoms with Crippen LogP contribution in [-0.2, 0) is 0 Å². The molecule has 0 aliphatic carbocycles. The summed E-state index contributed by atoms with van der Waals surface area (Å²) in [6, 6.07) is 6.36. The van der Waals surface area contributed by atoms with E-state index in [1.54, 1.807) is 24.3 Å². The second-order valence-electron chi connectivity index (χ2n) is 5.67. The summed E-state index contributed by atoms with van der Waals surface area (Å²) in [4.78, 5) is 12.6. The fraction of sp³-hybridized carbons (Fsp3) is 0.150. The van der Waals surface area contributed by atoms with Crippen LogP contribution in [0.1, 0.15) is 5.56 Å². The predicted molar refractivity (Wildman–Crippen MR) is 162 cm³/mol. The number of hydrogen-bond acceptors (Lipinski definition) is 4. The molecule has 2 unspecified atom stereocenters. The van der Waals surface area contributed by atoms with Crippen molar-refractivity contribution in [3.8, 4) is 5.75 Å². The number of alkyl halides is 2. The van der Waals surface area contributed by atoms with Gasteiger partial charge in [-0.1, -0.05) is 47.2 Å². The van der Waals surface area contributed by atoms with E-state index in [9.17, 15) is 15.0 Å². The smallest absolute Gasteiger partial charge is 0.871 e. The Hall–Kier alpha value is 3.23. The predicted octanol–water partition coefficient (Wildman–Crippen LogP) is 0.666. The first-order chi connectivity index (χ1) is 15.0. The minimum atomic E-state index is -0.911. The number of rotatable bonds is 5. The monoisotopic (exact) mass is 1010 g/mol. The molecule has 2 atom stereocenters. The molecule has 0 N–H and O–H groups in total.